The number of nitro groups is 1. The summed E-state index contributed by atoms with van der Waals surface area (Å²) in [5.41, 5.74) is 0.453. The second-order valence-corrected chi connectivity index (χ2v) is 4.34. The van der Waals surface area contributed by atoms with Gasteiger partial charge in [0.1, 0.15) is 0 Å². The van der Waals surface area contributed by atoms with Gasteiger partial charge in [0.15, 0.2) is 0 Å². The molecule has 0 spiro atoms. The van der Waals surface area contributed by atoms with E-state index < -0.39 is 4.92 Å². The van der Waals surface area contributed by atoms with Crippen molar-refractivity contribution >= 4 is 17.3 Å². The third-order valence-corrected chi connectivity index (χ3v) is 2.99. The van der Waals surface area contributed by atoms with Gasteiger partial charge in [-0.25, -0.2) is 0 Å². The zero-order chi connectivity index (χ0) is 13.0. The summed E-state index contributed by atoms with van der Waals surface area (Å²) in [6, 6.07) is 5.99. The van der Waals surface area contributed by atoms with E-state index in [2.05, 4.69) is 10.6 Å². The van der Waals surface area contributed by atoms with E-state index in [1.165, 1.54) is 12.1 Å². The number of amides is 1. The third kappa shape index (κ3) is 3.04. The molecule has 0 unspecified atom stereocenters. The molecule has 6 nitrogen and oxygen atoms in total. The molecular formula is C12H15N3O3. The van der Waals surface area contributed by atoms with E-state index in [-0.39, 0.29) is 17.5 Å². The lowest BCUT2D eigenvalue weighted by atomic mass is 9.99. The Labute approximate surface area is 105 Å². The predicted molar refractivity (Wildman–Crippen MR) is 67.3 cm³/mol. The summed E-state index contributed by atoms with van der Waals surface area (Å²) in [5.74, 6) is -0.138. The molecule has 6 heteroatoms. The minimum absolute atomic E-state index is 0.0189. The smallest absolute Gasteiger partial charge is 0.271 e. The van der Waals surface area contributed by atoms with Crippen molar-refractivity contribution in [1.29, 1.82) is 0 Å². The highest BCUT2D eigenvalue weighted by Gasteiger charge is 2.21. The third-order valence-electron chi connectivity index (χ3n) is 2.99. The Hall–Kier alpha value is -1.95. The molecule has 1 saturated heterocycles. The maximum absolute atomic E-state index is 11.9. The van der Waals surface area contributed by atoms with Gasteiger partial charge in [0.25, 0.3) is 5.69 Å². The quantitative estimate of drug-likeness (QED) is 0.628. The van der Waals surface area contributed by atoms with Gasteiger partial charge in [-0.05, 0) is 25.5 Å². The maximum Gasteiger partial charge on any atom is 0.271 e. The Morgan fingerprint density at radius 3 is 3.00 bits per heavy atom. The fourth-order valence-electron chi connectivity index (χ4n) is 2.02. The number of nitrogens with zero attached hydrogens (tertiary/aromatic N) is 1. The number of rotatable bonds is 3. The molecule has 0 aromatic heterocycles. The summed E-state index contributed by atoms with van der Waals surface area (Å²) >= 11 is 0. The number of hydrogen-bond acceptors (Lipinski definition) is 4. The van der Waals surface area contributed by atoms with Crippen LogP contribution < -0.4 is 10.6 Å². The zero-order valence-electron chi connectivity index (χ0n) is 9.89. The number of benzene rings is 1. The Balaban J connectivity index is 2.02. The summed E-state index contributed by atoms with van der Waals surface area (Å²) in [6.07, 6.45) is 1.83. The van der Waals surface area contributed by atoms with E-state index in [0.717, 1.165) is 19.4 Å². The summed E-state index contributed by atoms with van der Waals surface area (Å²) in [5, 5.41) is 16.5. The number of non-ortho nitro benzene ring substituents is 1. The topological polar surface area (TPSA) is 84.3 Å². The normalized spacial score (nSPS) is 19.2. The summed E-state index contributed by atoms with van der Waals surface area (Å²) in [6.45, 7) is 1.61. The number of nitrogens with one attached hydrogen (secondary N) is 2. The molecular weight excluding hydrogens is 234 g/mol. The first-order valence-corrected chi connectivity index (χ1v) is 5.93. The average molecular weight is 249 g/mol. The molecule has 0 saturated carbocycles. The van der Waals surface area contributed by atoms with Crippen molar-refractivity contribution in [3.8, 4) is 0 Å². The number of hydrogen-bond donors (Lipinski definition) is 2. The fourth-order valence-corrected chi connectivity index (χ4v) is 2.02. The second-order valence-electron chi connectivity index (χ2n) is 4.34. The maximum atomic E-state index is 11.9. The molecule has 1 heterocycles. The molecule has 1 aromatic carbocycles. The van der Waals surface area contributed by atoms with Gasteiger partial charge in [0, 0.05) is 24.4 Å². The highest BCUT2D eigenvalue weighted by Crippen LogP contribution is 2.19. The standard InChI is InChI=1S/C12H15N3O3/c16-12(9-3-2-6-13-8-9)14-10-4-1-5-11(7-10)15(17)18/h1,4-5,7,9,13H,2-3,6,8H2,(H,14,16)/t9-/m1/s1. The molecule has 1 amide bonds. The molecule has 1 aromatic rings. The van der Waals surface area contributed by atoms with Crippen molar-refractivity contribution in [2.75, 3.05) is 18.4 Å². The van der Waals surface area contributed by atoms with Crippen LogP contribution in [0.15, 0.2) is 24.3 Å². The van der Waals surface area contributed by atoms with Crippen LogP contribution in [0, 0.1) is 16.0 Å². The molecule has 18 heavy (non-hydrogen) atoms. The number of anilines is 1. The SMILES string of the molecule is O=C(Nc1cccc([N+](=O)[O-])c1)[C@@H]1CCCNC1. The van der Waals surface area contributed by atoms with Gasteiger partial charge in [-0.3, -0.25) is 14.9 Å². The Bertz CT molecular complexity index is 456. The van der Waals surface area contributed by atoms with Crippen LogP contribution in [0.25, 0.3) is 0 Å². The summed E-state index contributed by atoms with van der Waals surface area (Å²) < 4.78 is 0. The van der Waals surface area contributed by atoms with Gasteiger partial charge in [-0.15, -0.1) is 0 Å². The van der Waals surface area contributed by atoms with Crippen LogP contribution in [0.4, 0.5) is 11.4 Å². The molecule has 0 aliphatic carbocycles. The van der Waals surface area contributed by atoms with Crippen LogP contribution in [0.3, 0.4) is 0 Å². The van der Waals surface area contributed by atoms with Crippen LogP contribution in [-0.4, -0.2) is 23.9 Å². The number of carbonyl (C=O) groups is 1. The summed E-state index contributed by atoms with van der Waals surface area (Å²) in [4.78, 5) is 22.1. The van der Waals surface area contributed by atoms with Crippen molar-refractivity contribution in [1.82, 2.24) is 5.32 Å². The largest absolute Gasteiger partial charge is 0.326 e. The predicted octanol–water partition coefficient (Wildman–Crippen LogP) is 1.53. The molecule has 0 bridgehead atoms. The highest BCUT2D eigenvalue weighted by atomic mass is 16.6. The van der Waals surface area contributed by atoms with E-state index >= 15 is 0 Å². The van der Waals surface area contributed by atoms with Crippen LogP contribution in [-0.2, 0) is 4.79 Å². The van der Waals surface area contributed by atoms with E-state index in [4.69, 9.17) is 0 Å². The number of nitro benzene ring substituents is 1. The Morgan fingerprint density at radius 2 is 2.33 bits per heavy atom. The Kier molecular flexibility index (Phi) is 3.88. The van der Waals surface area contributed by atoms with Gasteiger partial charge in [0.05, 0.1) is 10.8 Å². The van der Waals surface area contributed by atoms with Gasteiger partial charge in [-0.1, -0.05) is 6.07 Å². The first-order valence-electron chi connectivity index (χ1n) is 5.93. The van der Waals surface area contributed by atoms with E-state index in [1.807, 2.05) is 0 Å². The minimum Gasteiger partial charge on any atom is -0.326 e. The highest BCUT2D eigenvalue weighted by molar-refractivity contribution is 5.93. The van der Waals surface area contributed by atoms with Crippen LogP contribution >= 0.6 is 0 Å². The monoisotopic (exact) mass is 249 g/mol. The fraction of sp³-hybridized carbons (Fsp3) is 0.417. The lowest BCUT2D eigenvalue weighted by Gasteiger charge is -2.21. The first kappa shape index (κ1) is 12.5. The van der Waals surface area contributed by atoms with Crippen molar-refractivity contribution in [3.63, 3.8) is 0 Å². The van der Waals surface area contributed by atoms with Crippen molar-refractivity contribution in [3.05, 3.63) is 34.4 Å². The molecule has 96 valence electrons. The second kappa shape index (κ2) is 5.59. The van der Waals surface area contributed by atoms with Crippen LogP contribution in [0.1, 0.15) is 12.8 Å². The van der Waals surface area contributed by atoms with Gasteiger partial charge in [0.2, 0.25) is 5.91 Å². The molecule has 2 N–H and O–H groups in total. The van der Waals surface area contributed by atoms with Gasteiger partial charge >= 0.3 is 0 Å². The molecule has 2 rings (SSSR count). The average Bonchev–Trinajstić information content (AvgIpc) is 2.40. The van der Waals surface area contributed by atoms with Gasteiger partial charge in [-0.2, -0.15) is 0 Å². The molecule has 0 radical (unpaired) electrons. The Morgan fingerprint density at radius 1 is 1.50 bits per heavy atom. The lowest BCUT2D eigenvalue weighted by molar-refractivity contribution is -0.384. The van der Waals surface area contributed by atoms with Gasteiger partial charge < -0.3 is 10.6 Å². The molecule has 1 aliphatic heterocycles. The van der Waals surface area contributed by atoms with Crippen LogP contribution in [0.5, 0.6) is 0 Å². The van der Waals surface area contributed by atoms with Crippen LogP contribution in [0.2, 0.25) is 0 Å². The molecule has 1 fully saturated rings. The zero-order valence-corrected chi connectivity index (χ0v) is 9.89. The molecule has 1 aliphatic rings. The lowest BCUT2D eigenvalue weighted by Crippen LogP contribution is -2.37. The minimum atomic E-state index is -0.474. The van der Waals surface area contributed by atoms with E-state index in [0.29, 0.717) is 12.2 Å². The van der Waals surface area contributed by atoms with E-state index in [9.17, 15) is 14.9 Å². The van der Waals surface area contributed by atoms with E-state index in [1.54, 1.807) is 12.1 Å². The van der Waals surface area contributed by atoms with Crippen molar-refractivity contribution in [2.24, 2.45) is 5.92 Å². The molecule has 1 atom stereocenters. The van der Waals surface area contributed by atoms with Crippen molar-refractivity contribution in [2.45, 2.75) is 12.8 Å². The summed E-state index contributed by atoms with van der Waals surface area (Å²) in [7, 11) is 0. The number of carbonyl (C=O) groups excluding carboxylic acids is 1. The first-order chi connectivity index (χ1) is 8.66. The van der Waals surface area contributed by atoms with Crippen molar-refractivity contribution < 1.29 is 9.72 Å². The number of piperidine rings is 1.